The summed E-state index contributed by atoms with van der Waals surface area (Å²) in [5.41, 5.74) is 0. The van der Waals surface area contributed by atoms with E-state index < -0.39 is 11.0 Å². The summed E-state index contributed by atoms with van der Waals surface area (Å²) in [7, 11) is -2.42. The minimum atomic E-state index is -2.42. The molecule has 0 N–H and O–H groups in total. The molecule has 0 fully saturated rings. The van der Waals surface area contributed by atoms with Crippen LogP contribution in [0.25, 0.3) is 0 Å². The van der Waals surface area contributed by atoms with Gasteiger partial charge in [0.05, 0.1) is 6.26 Å². The van der Waals surface area contributed by atoms with Crippen molar-refractivity contribution in [2.45, 2.75) is 77.6 Å². The average molecular weight is 315 g/mol. The summed E-state index contributed by atoms with van der Waals surface area (Å²) in [6.45, 7) is 2.24. The van der Waals surface area contributed by atoms with Gasteiger partial charge in [-0.05, 0) is 12.8 Å². The molecule has 5 heteroatoms. The van der Waals surface area contributed by atoms with E-state index in [0.717, 1.165) is 12.8 Å². The van der Waals surface area contributed by atoms with Crippen molar-refractivity contribution in [3.8, 4) is 0 Å². The van der Waals surface area contributed by atoms with Crippen LogP contribution < -0.4 is 51.4 Å². The predicted molar refractivity (Wildman–Crippen MR) is 75.4 cm³/mol. The Morgan fingerprint density at radius 3 is 1.79 bits per heavy atom. The summed E-state index contributed by atoms with van der Waals surface area (Å²) >= 11 is 0. The van der Waals surface area contributed by atoms with Gasteiger partial charge in [0.25, 0.3) is 0 Å². The van der Waals surface area contributed by atoms with Gasteiger partial charge in [-0.15, -0.1) is 0 Å². The van der Waals surface area contributed by atoms with E-state index in [2.05, 4.69) is 11.1 Å². The van der Waals surface area contributed by atoms with Crippen molar-refractivity contribution >= 4 is 11.0 Å². The van der Waals surface area contributed by atoms with E-state index in [1.807, 2.05) is 0 Å². The molecule has 0 aromatic heterocycles. The molecular weight excluding hydrogens is 287 g/mol. The van der Waals surface area contributed by atoms with Crippen molar-refractivity contribution in [2.24, 2.45) is 0 Å². The average Bonchev–Trinajstić information content (AvgIpc) is 2.34. The third-order valence-corrected chi connectivity index (χ3v) is 3.22. The van der Waals surface area contributed by atoms with Crippen LogP contribution >= 0.6 is 0 Å². The monoisotopic (exact) mass is 314 g/mol. The first-order valence-corrected chi connectivity index (χ1v) is 8.18. The SMILES string of the molecule is CCCCCCCCCCCCC=CO[S-](=O)=O.[K+]. The number of hydrogen-bond acceptors (Lipinski definition) is 4. The van der Waals surface area contributed by atoms with Crippen LogP contribution in [-0.2, 0) is 23.6 Å². The summed E-state index contributed by atoms with van der Waals surface area (Å²) in [6, 6.07) is 0. The number of hydrogen-bond donors (Lipinski definition) is 0. The molecule has 108 valence electrons. The molecule has 0 rings (SSSR count). The zero-order chi connectivity index (χ0) is 13.5. The van der Waals surface area contributed by atoms with Crippen LogP contribution in [0.5, 0.6) is 0 Å². The third kappa shape index (κ3) is 21.6. The van der Waals surface area contributed by atoms with Crippen molar-refractivity contribution in [1.82, 2.24) is 0 Å². The molecule has 0 aromatic rings. The maximum Gasteiger partial charge on any atom is 1.00 e. The maximum atomic E-state index is 10.0. The smallest absolute Gasteiger partial charge is 0.539 e. The van der Waals surface area contributed by atoms with Crippen LogP contribution in [0.3, 0.4) is 0 Å². The van der Waals surface area contributed by atoms with Crippen molar-refractivity contribution in [1.29, 1.82) is 0 Å². The van der Waals surface area contributed by atoms with E-state index in [-0.39, 0.29) is 51.4 Å². The molecule has 0 spiro atoms. The second-order valence-electron chi connectivity index (χ2n) is 4.64. The van der Waals surface area contributed by atoms with E-state index in [0.29, 0.717) is 0 Å². The van der Waals surface area contributed by atoms with Crippen LogP contribution in [0.15, 0.2) is 12.3 Å². The van der Waals surface area contributed by atoms with Gasteiger partial charge >= 0.3 is 51.4 Å². The van der Waals surface area contributed by atoms with Crippen molar-refractivity contribution in [3.63, 3.8) is 0 Å². The molecule has 0 aliphatic heterocycles. The van der Waals surface area contributed by atoms with Gasteiger partial charge < -0.3 is 12.6 Å². The molecule has 0 aliphatic carbocycles. The fraction of sp³-hybridized carbons (Fsp3) is 0.857. The quantitative estimate of drug-likeness (QED) is 0.226. The summed E-state index contributed by atoms with van der Waals surface area (Å²) in [5, 5.41) is 0. The molecule has 0 saturated carbocycles. The topological polar surface area (TPSA) is 43.4 Å². The number of rotatable bonds is 13. The predicted octanol–water partition coefficient (Wildman–Crippen LogP) is 2.06. The third-order valence-electron chi connectivity index (χ3n) is 2.95. The molecule has 19 heavy (non-hydrogen) atoms. The zero-order valence-corrected chi connectivity index (χ0v) is 16.5. The van der Waals surface area contributed by atoms with Gasteiger partial charge in [-0.3, -0.25) is 0 Å². The van der Waals surface area contributed by atoms with Gasteiger partial charge in [0.2, 0.25) is 0 Å². The van der Waals surface area contributed by atoms with Gasteiger partial charge in [-0.2, -0.15) is 0 Å². The zero-order valence-electron chi connectivity index (χ0n) is 12.6. The largest absolute Gasteiger partial charge is 1.00 e. The first-order chi connectivity index (χ1) is 8.77. The summed E-state index contributed by atoms with van der Waals surface area (Å²) < 4.78 is 24.3. The summed E-state index contributed by atoms with van der Waals surface area (Å²) in [4.78, 5) is 0. The van der Waals surface area contributed by atoms with Crippen LogP contribution in [0, 0.1) is 0 Å². The fourth-order valence-electron chi connectivity index (χ4n) is 1.90. The minimum Gasteiger partial charge on any atom is -0.539 e. The van der Waals surface area contributed by atoms with Gasteiger partial charge in [-0.25, -0.2) is 0 Å². The summed E-state index contributed by atoms with van der Waals surface area (Å²) in [5.74, 6) is 0. The van der Waals surface area contributed by atoms with Crippen LogP contribution in [0.4, 0.5) is 0 Å². The van der Waals surface area contributed by atoms with Crippen molar-refractivity contribution < 1.29 is 64.0 Å². The molecule has 0 unspecified atom stereocenters. The molecule has 0 aromatic carbocycles. The van der Waals surface area contributed by atoms with E-state index in [4.69, 9.17) is 0 Å². The Labute approximate surface area is 163 Å². The molecule has 0 atom stereocenters. The molecule has 0 aliphatic rings. The van der Waals surface area contributed by atoms with Gasteiger partial charge in [0, 0.05) is 0 Å². The van der Waals surface area contributed by atoms with E-state index in [1.54, 1.807) is 6.08 Å². The Morgan fingerprint density at radius 1 is 0.842 bits per heavy atom. The molecular formula is C14H27KO3S. The number of allylic oxidation sites excluding steroid dienone is 1. The van der Waals surface area contributed by atoms with Crippen LogP contribution in [-0.4, -0.2) is 0 Å². The molecule has 0 heterocycles. The molecule has 0 saturated heterocycles. The number of unbranched alkanes of at least 4 members (excludes halogenated alkanes) is 10. The van der Waals surface area contributed by atoms with Gasteiger partial charge in [0.1, 0.15) is 11.0 Å². The Hall–Kier alpha value is 1.13. The van der Waals surface area contributed by atoms with Crippen LogP contribution in [0.2, 0.25) is 0 Å². The minimum absolute atomic E-state index is 0. The standard InChI is InChI=1S/C14H27O3S.K/c1-2-3-4-5-6-7-8-9-10-11-12-13-14-17-18(15)16;/h13-14H,2-12H2,1H3;/q-1;+1. The fourth-order valence-corrected chi connectivity index (χ4v) is 2.07. The Bertz CT molecular complexity index is 257. The van der Waals surface area contributed by atoms with Gasteiger partial charge in [-0.1, -0.05) is 70.8 Å². The summed E-state index contributed by atoms with van der Waals surface area (Å²) in [6.07, 6.45) is 17.1. The van der Waals surface area contributed by atoms with Crippen molar-refractivity contribution in [2.75, 3.05) is 0 Å². The second-order valence-corrected chi connectivity index (χ2v) is 5.24. The second kappa shape index (κ2) is 19.1. The van der Waals surface area contributed by atoms with Crippen molar-refractivity contribution in [3.05, 3.63) is 12.3 Å². The molecule has 0 bridgehead atoms. The van der Waals surface area contributed by atoms with E-state index >= 15 is 0 Å². The van der Waals surface area contributed by atoms with Gasteiger partial charge in [0.15, 0.2) is 0 Å². The molecule has 0 amide bonds. The Balaban J connectivity index is 0. The van der Waals surface area contributed by atoms with Crippen LogP contribution in [0.1, 0.15) is 77.6 Å². The Kier molecular flexibility index (Phi) is 22.6. The normalized spacial score (nSPS) is 10.8. The molecule has 3 nitrogen and oxygen atoms in total. The first kappa shape index (κ1) is 22.4. The first-order valence-electron chi connectivity index (χ1n) is 7.18. The van der Waals surface area contributed by atoms with E-state index in [1.165, 1.54) is 64.0 Å². The Morgan fingerprint density at radius 2 is 1.32 bits per heavy atom. The maximum absolute atomic E-state index is 10.0. The molecule has 0 radical (unpaired) electrons. The van der Waals surface area contributed by atoms with E-state index in [9.17, 15) is 8.42 Å².